The minimum Gasteiger partial charge on any atom is -0.450 e. The highest BCUT2D eigenvalue weighted by molar-refractivity contribution is 5.98. The highest BCUT2D eigenvalue weighted by Crippen LogP contribution is 2.36. The molecule has 0 bridgehead atoms. The minimum atomic E-state index is -0.465. The highest BCUT2D eigenvalue weighted by atomic mass is 16.5. The summed E-state index contributed by atoms with van der Waals surface area (Å²) in [5, 5.41) is 2.70. The molecule has 0 unspecified atom stereocenters. The van der Waals surface area contributed by atoms with Gasteiger partial charge in [-0.2, -0.15) is 0 Å². The van der Waals surface area contributed by atoms with E-state index in [1.54, 1.807) is 6.92 Å². The first-order valence-corrected chi connectivity index (χ1v) is 7.57. The number of carbonyl (C=O) groups excluding carboxylic acids is 2. The Morgan fingerprint density at radius 2 is 2.19 bits per heavy atom. The summed E-state index contributed by atoms with van der Waals surface area (Å²) in [7, 11) is 0. The van der Waals surface area contributed by atoms with Crippen molar-refractivity contribution in [1.82, 2.24) is 0 Å². The molecular formula is C16H20N2O3. The van der Waals surface area contributed by atoms with Crippen LogP contribution in [0.2, 0.25) is 0 Å². The number of hydrogen-bond donors (Lipinski definition) is 1. The molecule has 112 valence electrons. The second-order valence-electron chi connectivity index (χ2n) is 5.56. The second-order valence-corrected chi connectivity index (χ2v) is 5.56. The lowest BCUT2D eigenvalue weighted by atomic mass is 10.0. The van der Waals surface area contributed by atoms with Gasteiger partial charge in [0.15, 0.2) is 0 Å². The van der Waals surface area contributed by atoms with Gasteiger partial charge in [0.05, 0.1) is 6.61 Å². The first-order chi connectivity index (χ1) is 10.2. The number of ether oxygens (including phenoxy) is 1. The lowest BCUT2D eigenvalue weighted by molar-refractivity contribution is -0.119. The molecule has 1 saturated carbocycles. The van der Waals surface area contributed by atoms with E-state index in [9.17, 15) is 9.59 Å². The van der Waals surface area contributed by atoms with Gasteiger partial charge in [0.1, 0.15) is 0 Å². The average Bonchev–Trinajstić information content (AvgIpc) is 3.30. The molecule has 3 rings (SSSR count). The van der Waals surface area contributed by atoms with E-state index in [4.69, 9.17) is 4.74 Å². The molecule has 0 saturated heterocycles. The molecule has 1 fully saturated rings. The van der Waals surface area contributed by atoms with Crippen LogP contribution in [-0.4, -0.2) is 25.2 Å². The van der Waals surface area contributed by atoms with Crippen molar-refractivity contribution < 1.29 is 14.3 Å². The van der Waals surface area contributed by atoms with Crippen LogP contribution in [0.1, 0.15) is 31.7 Å². The van der Waals surface area contributed by atoms with E-state index in [1.165, 1.54) is 5.56 Å². The minimum absolute atomic E-state index is 0.206. The summed E-state index contributed by atoms with van der Waals surface area (Å²) in [6.45, 7) is 2.87. The Morgan fingerprint density at radius 1 is 1.38 bits per heavy atom. The lowest BCUT2D eigenvalue weighted by Gasteiger charge is -2.30. The summed E-state index contributed by atoms with van der Waals surface area (Å²) >= 11 is 0. The lowest BCUT2D eigenvalue weighted by Crippen LogP contribution is -2.36. The SMILES string of the molecule is CCOC(=O)Nc1ccc2c(c1)N(C(=O)C1CC1)CCC2. The van der Waals surface area contributed by atoms with Gasteiger partial charge in [0.25, 0.3) is 0 Å². The molecule has 0 radical (unpaired) electrons. The maximum Gasteiger partial charge on any atom is 0.411 e. The van der Waals surface area contributed by atoms with Crippen LogP contribution in [0.3, 0.4) is 0 Å². The van der Waals surface area contributed by atoms with Gasteiger partial charge in [-0.3, -0.25) is 10.1 Å². The van der Waals surface area contributed by atoms with Gasteiger partial charge in [0, 0.05) is 23.8 Å². The predicted molar refractivity (Wildman–Crippen MR) is 80.5 cm³/mol. The van der Waals surface area contributed by atoms with E-state index in [1.807, 2.05) is 23.1 Å². The first kappa shape index (κ1) is 13.9. The fourth-order valence-corrected chi connectivity index (χ4v) is 2.72. The maximum atomic E-state index is 12.4. The Hall–Kier alpha value is -2.04. The zero-order valence-corrected chi connectivity index (χ0v) is 12.2. The van der Waals surface area contributed by atoms with Gasteiger partial charge >= 0.3 is 6.09 Å². The predicted octanol–water partition coefficient (Wildman–Crippen LogP) is 2.94. The number of hydrogen-bond acceptors (Lipinski definition) is 3. The molecule has 2 amide bonds. The van der Waals surface area contributed by atoms with Crippen molar-refractivity contribution in [2.45, 2.75) is 32.6 Å². The first-order valence-electron chi connectivity index (χ1n) is 7.57. The van der Waals surface area contributed by atoms with E-state index in [0.717, 1.165) is 37.9 Å². The van der Waals surface area contributed by atoms with Crippen LogP contribution in [0.15, 0.2) is 18.2 Å². The molecule has 1 heterocycles. The van der Waals surface area contributed by atoms with Gasteiger partial charge < -0.3 is 9.64 Å². The number of benzene rings is 1. The van der Waals surface area contributed by atoms with Gasteiger partial charge in [-0.1, -0.05) is 6.07 Å². The van der Waals surface area contributed by atoms with E-state index in [2.05, 4.69) is 5.32 Å². The summed E-state index contributed by atoms with van der Waals surface area (Å²) in [5.74, 6) is 0.432. The normalized spacial score (nSPS) is 17.1. The van der Waals surface area contributed by atoms with Crippen LogP contribution >= 0.6 is 0 Å². The molecule has 0 atom stereocenters. The van der Waals surface area contributed by atoms with Crippen molar-refractivity contribution in [1.29, 1.82) is 0 Å². The van der Waals surface area contributed by atoms with Gasteiger partial charge in [-0.25, -0.2) is 4.79 Å². The number of carbonyl (C=O) groups is 2. The van der Waals surface area contributed by atoms with E-state index in [0.29, 0.717) is 12.3 Å². The fraction of sp³-hybridized carbons (Fsp3) is 0.500. The Labute approximate surface area is 124 Å². The Bertz CT molecular complexity index is 567. The molecule has 0 aromatic heterocycles. The number of aryl methyl sites for hydroxylation is 1. The Kier molecular flexibility index (Phi) is 3.82. The van der Waals surface area contributed by atoms with Crippen LogP contribution in [0.4, 0.5) is 16.2 Å². The van der Waals surface area contributed by atoms with E-state index >= 15 is 0 Å². The monoisotopic (exact) mass is 288 g/mol. The number of rotatable bonds is 3. The van der Waals surface area contributed by atoms with Crippen LogP contribution in [0.5, 0.6) is 0 Å². The van der Waals surface area contributed by atoms with Crippen LogP contribution < -0.4 is 10.2 Å². The fourth-order valence-electron chi connectivity index (χ4n) is 2.72. The molecule has 1 N–H and O–H groups in total. The summed E-state index contributed by atoms with van der Waals surface area (Å²) < 4.78 is 4.88. The third-order valence-corrected chi connectivity index (χ3v) is 3.92. The summed E-state index contributed by atoms with van der Waals surface area (Å²) in [4.78, 5) is 25.8. The van der Waals surface area contributed by atoms with Crippen molar-refractivity contribution in [2.75, 3.05) is 23.4 Å². The molecule has 1 aromatic carbocycles. The van der Waals surface area contributed by atoms with Crippen LogP contribution in [0.25, 0.3) is 0 Å². The molecule has 0 spiro atoms. The largest absolute Gasteiger partial charge is 0.450 e. The third-order valence-electron chi connectivity index (χ3n) is 3.92. The molecule has 5 heteroatoms. The third kappa shape index (κ3) is 3.01. The molecule has 1 aliphatic carbocycles. The smallest absolute Gasteiger partial charge is 0.411 e. The number of nitrogens with one attached hydrogen (secondary N) is 1. The zero-order chi connectivity index (χ0) is 14.8. The number of nitrogens with zero attached hydrogens (tertiary/aromatic N) is 1. The van der Waals surface area contributed by atoms with Crippen molar-refractivity contribution >= 4 is 23.4 Å². The van der Waals surface area contributed by atoms with Gasteiger partial charge in [-0.15, -0.1) is 0 Å². The van der Waals surface area contributed by atoms with E-state index < -0.39 is 6.09 Å². The molecule has 1 aromatic rings. The number of amides is 2. The molecule has 21 heavy (non-hydrogen) atoms. The van der Waals surface area contributed by atoms with Crippen molar-refractivity contribution in [2.24, 2.45) is 5.92 Å². The van der Waals surface area contributed by atoms with Gasteiger partial charge in [-0.05, 0) is 50.3 Å². The van der Waals surface area contributed by atoms with Crippen molar-refractivity contribution in [3.8, 4) is 0 Å². The maximum absolute atomic E-state index is 12.4. The number of fused-ring (bicyclic) bond motifs is 1. The molecule has 2 aliphatic rings. The summed E-state index contributed by atoms with van der Waals surface area (Å²) in [6, 6.07) is 5.73. The topological polar surface area (TPSA) is 58.6 Å². The molecular weight excluding hydrogens is 268 g/mol. The molecule has 5 nitrogen and oxygen atoms in total. The summed E-state index contributed by atoms with van der Waals surface area (Å²) in [5.41, 5.74) is 2.78. The standard InChI is InChI=1S/C16H20N2O3/c1-2-21-16(20)17-13-8-7-11-4-3-9-18(14(11)10-13)15(19)12-5-6-12/h7-8,10,12H,2-6,9H2,1H3,(H,17,20). The zero-order valence-electron chi connectivity index (χ0n) is 12.2. The molecule has 1 aliphatic heterocycles. The van der Waals surface area contributed by atoms with Gasteiger partial charge in [0.2, 0.25) is 5.91 Å². The second kappa shape index (κ2) is 5.76. The van der Waals surface area contributed by atoms with E-state index in [-0.39, 0.29) is 11.8 Å². The summed E-state index contributed by atoms with van der Waals surface area (Å²) in [6.07, 6.45) is 3.52. The van der Waals surface area contributed by atoms with Crippen molar-refractivity contribution in [3.05, 3.63) is 23.8 Å². The highest BCUT2D eigenvalue weighted by Gasteiger charge is 2.35. The van der Waals surface area contributed by atoms with Crippen LogP contribution in [0, 0.1) is 5.92 Å². The average molecular weight is 288 g/mol. The Morgan fingerprint density at radius 3 is 2.90 bits per heavy atom. The van der Waals surface area contributed by atoms with Crippen LogP contribution in [-0.2, 0) is 16.0 Å². The quantitative estimate of drug-likeness (QED) is 0.930. The number of anilines is 2. The van der Waals surface area contributed by atoms with Crippen molar-refractivity contribution in [3.63, 3.8) is 0 Å². The Balaban J connectivity index is 1.82.